The molecule has 0 aromatic rings. The van der Waals surface area contributed by atoms with Crippen molar-refractivity contribution in [3.63, 3.8) is 0 Å². The van der Waals surface area contributed by atoms with Gasteiger partial charge in [0, 0.05) is 0 Å². The minimum Gasteiger partial charge on any atom is -0.205 e. The van der Waals surface area contributed by atoms with E-state index in [1.807, 2.05) is 0 Å². The van der Waals surface area contributed by atoms with Crippen LogP contribution >= 0.6 is 0 Å². The van der Waals surface area contributed by atoms with Crippen LogP contribution in [0.3, 0.4) is 0 Å². The van der Waals surface area contributed by atoms with Gasteiger partial charge in [-0.2, -0.15) is 5.06 Å². The predicted molar refractivity (Wildman–Crippen MR) is 56.8 cm³/mol. The number of quaternary nitrogens is 1. The van der Waals surface area contributed by atoms with Crippen LogP contribution in [0, 0.1) is 0 Å². The summed E-state index contributed by atoms with van der Waals surface area (Å²) in [5.41, 5.74) is 0. The Morgan fingerprint density at radius 2 is 1.38 bits per heavy atom. The van der Waals surface area contributed by atoms with Crippen molar-refractivity contribution < 1.29 is 9.90 Å². The molecule has 0 atom stereocenters. The van der Waals surface area contributed by atoms with Gasteiger partial charge in [-0.05, 0) is 19.3 Å². The van der Waals surface area contributed by atoms with Gasteiger partial charge in [-0.15, -0.1) is 0 Å². The summed E-state index contributed by atoms with van der Waals surface area (Å²) in [5, 5.41) is 1.34. The van der Waals surface area contributed by atoms with E-state index in [4.69, 9.17) is 4.84 Å². The highest BCUT2D eigenvalue weighted by atomic mass is 16.7. The summed E-state index contributed by atoms with van der Waals surface area (Å²) in [6, 6.07) is 0. The Kier molecular flexibility index (Phi) is 9.94. The fraction of sp³-hybridized carbons (Fsp3) is 1.00. The summed E-state index contributed by atoms with van der Waals surface area (Å²) in [6.07, 6.45) is 6.23. The second-order valence-corrected chi connectivity index (χ2v) is 3.59. The molecule has 0 saturated carbocycles. The number of nitrogens with one attached hydrogen (secondary N) is 1. The molecule has 0 aliphatic heterocycles. The maximum absolute atomic E-state index is 5.71. The molecule has 0 aromatic carbocycles. The number of hydroxylamine groups is 2. The first-order valence-electron chi connectivity index (χ1n) is 5.82. The molecule has 0 aliphatic carbocycles. The number of hydrogen-bond acceptors (Lipinski definition) is 1. The topological polar surface area (TPSA) is 13.7 Å². The van der Waals surface area contributed by atoms with Crippen LogP contribution in [0.15, 0.2) is 0 Å². The molecule has 0 saturated heterocycles. The van der Waals surface area contributed by atoms with Crippen LogP contribution in [0.2, 0.25) is 0 Å². The average Bonchev–Trinajstić information content (AvgIpc) is 2.17. The van der Waals surface area contributed by atoms with Gasteiger partial charge in [-0.25, -0.2) is 4.84 Å². The maximum Gasteiger partial charge on any atom is 0.107 e. The van der Waals surface area contributed by atoms with E-state index in [9.17, 15) is 0 Å². The van der Waals surface area contributed by atoms with Gasteiger partial charge in [0.25, 0.3) is 0 Å². The first-order valence-corrected chi connectivity index (χ1v) is 5.82. The maximum atomic E-state index is 5.71. The molecule has 2 heteroatoms. The predicted octanol–water partition coefficient (Wildman–Crippen LogP) is 1.81. The fourth-order valence-corrected chi connectivity index (χ4v) is 1.26. The second kappa shape index (κ2) is 10.0. The van der Waals surface area contributed by atoms with Gasteiger partial charge in [-0.1, -0.05) is 33.6 Å². The third kappa shape index (κ3) is 8.26. The Morgan fingerprint density at radius 1 is 0.846 bits per heavy atom. The smallest absolute Gasteiger partial charge is 0.107 e. The minimum absolute atomic E-state index is 0.906. The normalized spacial score (nSPS) is 11.1. The van der Waals surface area contributed by atoms with Crippen LogP contribution in [0.1, 0.15) is 52.9 Å². The van der Waals surface area contributed by atoms with E-state index in [-0.39, 0.29) is 0 Å². The highest BCUT2D eigenvalue weighted by Crippen LogP contribution is 1.84. The van der Waals surface area contributed by atoms with E-state index in [0.29, 0.717) is 0 Å². The molecule has 80 valence electrons. The molecule has 0 amide bonds. The number of unbranched alkanes of at least 4 members (excludes halogenated alkanes) is 2. The molecule has 0 unspecified atom stereocenters. The largest absolute Gasteiger partial charge is 0.205 e. The monoisotopic (exact) mass is 188 g/mol. The average molecular weight is 188 g/mol. The van der Waals surface area contributed by atoms with E-state index >= 15 is 0 Å². The lowest BCUT2D eigenvalue weighted by Crippen LogP contribution is -3.11. The van der Waals surface area contributed by atoms with E-state index < -0.39 is 0 Å². The van der Waals surface area contributed by atoms with Crippen LogP contribution in [-0.2, 0) is 4.84 Å². The molecule has 0 aliphatic rings. The summed E-state index contributed by atoms with van der Waals surface area (Å²) >= 11 is 0. The molecule has 2 nitrogen and oxygen atoms in total. The molecule has 0 radical (unpaired) electrons. The summed E-state index contributed by atoms with van der Waals surface area (Å²) in [7, 11) is 0. The van der Waals surface area contributed by atoms with E-state index in [1.165, 1.54) is 43.8 Å². The summed E-state index contributed by atoms with van der Waals surface area (Å²) in [6.45, 7) is 9.89. The van der Waals surface area contributed by atoms with Gasteiger partial charge >= 0.3 is 0 Å². The van der Waals surface area contributed by atoms with E-state index in [0.717, 1.165) is 13.0 Å². The first-order chi connectivity index (χ1) is 6.35. The lowest BCUT2D eigenvalue weighted by Gasteiger charge is -2.16. The zero-order valence-electron chi connectivity index (χ0n) is 9.57. The zero-order valence-corrected chi connectivity index (χ0v) is 9.57. The molecular weight excluding hydrogens is 162 g/mol. The quantitative estimate of drug-likeness (QED) is 0.545. The van der Waals surface area contributed by atoms with Crippen molar-refractivity contribution in [3.05, 3.63) is 0 Å². The van der Waals surface area contributed by atoms with Crippen molar-refractivity contribution in [2.75, 3.05) is 19.7 Å². The van der Waals surface area contributed by atoms with Crippen LogP contribution in [0.5, 0.6) is 0 Å². The molecule has 0 bridgehead atoms. The van der Waals surface area contributed by atoms with Crippen LogP contribution < -0.4 is 5.06 Å². The van der Waals surface area contributed by atoms with Gasteiger partial charge in [0.05, 0.1) is 0 Å². The molecule has 0 rings (SSSR count). The van der Waals surface area contributed by atoms with Gasteiger partial charge in [0.15, 0.2) is 0 Å². The van der Waals surface area contributed by atoms with Gasteiger partial charge in [0.1, 0.15) is 19.7 Å². The highest BCUT2D eigenvalue weighted by Gasteiger charge is 2.06. The molecule has 13 heavy (non-hydrogen) atoms. The minimum atomic E-state index is 0.906. The van der Waals surface area contributed by atoms with Crippen molar-refractivity contribution in [2.45, 2.75) is 52.9 Å². The van der Waals surface area contributed by atoms with E-state index in [2.05, 4.69) is 20.8 Å². The molecule has 0 fully saturated rings. The van der Waals surface area contributed by atoms with Crippen LogP contribution in [0.4, 0.5) is 0 Å². The summed E-state index contributed by atoms with van der Waals surface area (Å²) < 4.78 is 0. The molecular formula is C11H26NO+. The molecule has 1 N–H and O–H groups in total. The van der Waals surface area contributed by atoms with Gasteiger partial charge in [-0.3, -0.25) is 0 Å². The Balaban J connectivity index is 3.47. The fourth-order valence-electron chi connectivity index (χ4n) is 1.26. The molecule has 0 aromatic heterocycles. The Morgan fingerprint density at radius 3 is 1.77 bits per heavy atom. The van der Waals surface area contributed by atoms with Crippen molar-refractivity contribution in [2.24, 2.45) is 0 Å². The summed E-state index contributed by atoms with van der Waals surface area (Å²) in [5.74, 6) is 0. The van der Waals surface area contributed by atoms with Crippen molar-refractivity contribution in [1.82, 2.24) is 0 Å². The molecule has 0 heterocycles. The zero-order chi connectivity index (χ0) is 9.94. The highest BCUT2D eigenvalue weighted by molar-refractivity contribution is 4.31. The second-order valence-electron chi connectivity index (χ2n) is 3.59. The van der Waals surface area contributed by atoms with Gasteiger partial charge < -0.3 is 0 Å². The van der Waals surface area contributed by atoms with Crippen LogP contribution in [0.25, 0.3) is 0 Å². The third-order valence-corrected chi connectivity index (χ3v) is 2.13. The van der Waals surface area contributed by atoms with Crippen LogP contribution in [-0.4, -0.2) is 19.7 Å². The number of hydrogen-bond donors (Lipinski definition) is 1. The molecule has 0 spiro atoms. The lowest BCUT2D eigenvalue weighted by molar-refractivity contribution is -1.09. The first kappa shape index (κ1) is 12.9. The van der Waals surface area contributed by atoms with E-state index in [1.54, 1.807) is 0 Å². The Hall–Kier alpha value is -0.0800. The number of rotatable bonds is 9. The Labute approximate surface area is 83.2 Å². The SMILES string of the molecule is CCCC[NH+](CCCC)OCCC. The van der Waals surface area contributed by atoms with Crippen molar-refractivity contribution >= 4 is 0 Å². The van der Waals surface area contributed by atoms with Gasteiger partial charge in [0.2, 0.25) is 0 Å². The lowest BCUT2D eigenvalue weighted by atomic mass is 10.3. The van der Waals surface area contributed by atoms with Crippen molar-refractivity contribution in [3.8, 4) is 0 Å². The third-order valence-electron chi connectivity index (χ3n) is 2.13. The van der Waals surface area contributed by atoms with Crippen molar-refractivity contribution in [1.29, 1.82) is 0 Å². The standard InChI is InChI=1S/C11H25NO/c1-4-7-9-12(10-8-5-2)13-11-6-3/h4-11H2,1-3H3/p+1. The summed E-state index contributed by atoms with van der Waals surface area (Å²) in [4.78, 5) is 5.71. The Bertz CT molecular complexity index is 77.1.